The monoisotopic (exact) mass is 728 g/mol. The summed E-state index contributed by atoms with van der Waals surface area (Å²) in [7, 11) is 0. The lowest BCUT2D eigenvalue weighted by molar-refractivity contribution is 0.661. The molecule has 0 unspecified atom stereocenters. The smallest absolute Gasteiger partial charge is 0.0434 e. The van der Waals surface area contributed by atoms with E-state index in [0.717, 1.165) is 0 Å². The molecule has 12 rings (SSSR count). The average Bonchev–Trinajstić information content (AvgIpc) is 3.74. The van der Waals surface area contributed by atoms with Crippen LogP contribution in [0.1, 0.15) is 25.0 Å². The van der Waals surface area contributed by atoms with Crippen molar-refractivity contribution in [1.82, 2.24) is 0 Å². The summed E-state index contributed by atoms with van der Waals surface area (Å²) in [6.07, 6.45) is 0. The van der Waals surface area contributed by atoms with E-state index in [2.05, 4.69) is 196 Å². The molecule has 0 bridgehead atoms. The van der Waals surface area contributed by atoms with Crippen molar-refractivity contribution in [2.75, 3.05) is 0 Å². The highest BCUT2D eigenvalue weighted by molar-refractivity contribution is 7.26. The summed E-state index contributed by atoms with van der Waals surface area (Å²) in [6, 6.07) is 68.1. The molecule has 1 heteroatoms. The molecule has 0 saturated heterocycles. The molecule has 0 amide bonds. The summed E-state index contributed by atoms with van der Waals surface area (Å²) >= 11 is 1.93. The lowest BCUT2D eigenvalue weighted by Crippen LogP contribution is -2.14. The summed E-state index contributed by atoms with van der Waals surface area (Å²) in [5, 5.41) is 13.1. The highest BCUT2D eigenvalue weighted by Crippen LogP contribution is 2.55. The Morgan fingerprint density at radius 1 is 0.357 bits per heavy atom. The molecule has 1 heterocycles. The fourth-order valence-corrected chi connectivity index (χ4v) is 11.2. The highest BCUT2D eigenvalue weighted by Gasteiger charge is 2.37. The molecule has 0 nitrogen and oxygen atoms in total. The van der Waals surface area contributed by atoms with Gasteiger partial charge in [-0.3, -0.25) is 0 Å². The van der Waals surface area contributed by atoms with Crippen LogP contribution in [-0.4, -0.2) is 0 Å². The van der Waals surface area contributed by atoms with E-state index >= 15 is 0 Å². The van der Waals surface area contributed by atoms with E-state index in [0.29, 0.717) is 0 Å². The topological polar surface area (TPSA) is 0 Å². The fourth-order valence-electron chi connectivity index (χ4n) is 9.94. The third-order valence-electron chi connectivity index (χ3n) is 12.6. The van der Waals surface area contributed by atoms with Crippen LogP contribution in [0.5, 0.6) is 0 Å². The third-order valence-corrected chi connectivity index (χ3v) is 13.8. The van der Waals surface area contributed by atoms with Crippen molar-refractivity contribution >= 4 is 74.6 Å². The molecule has 0 fully saturated rings. The van der Waals surface area contributed by atoms with Crippen molar-refractivity contribution in [3.63, 3.8) is 0 Å². The van der Waals surface area contributed by atoms with Gasteiger partial charge in [-0.1, -0.05) is 172 Å². The van der Waals surface area contributed by atoms with Crippen LogP contribution in [0.4, 0.5) is 0 Å². The van der Waals surface area contributed by atoms with Crippen molar-refractivity contribution < 1.29 is 0 Å². The Balaban J connectivity index is 0.978. The van der Waals surface area contributed by atoms with Crippen LogP contribution in [0.2, 0.25) is 0 Å². The third kappa shape index (κ3) is 4.47. The summed E-state index contributed by atoms with van der Waals surface area (Å²) in [4.78, 5) is 0. The first-order valence-corrected chi connectivity index (χ1v) is 20.4. The molecule has 1 aromatic heterocycles. The molecule has 0 N–H and O–H groups in total. The van der Waals surface area contributed by atoms with E-state index in [-0.39, 0.29) is 5.41 Å². The van der Waals surface area contributed by atoms with Gasteiger partial charge in [0, 0.05) is 25.6 Å². The number of benzene rings is 10. The maximum atomic E-state index is 2.47. The van der Waals surface area contributed by atoms with Crippen LogP contribution in [-0.2, 0) is 5.41 Å². The number of hydrogen-bond donors (Lipinski definition) is 0. The zero-order valence-corrected chi connectivity index (χ0v) is 32.0. The minimum absolute atomic E-state index is 0.104. The van der Waals surface area contributed by atoms with Crippen LogP contribution in [0, 0.1) is 0 Å². The quantitative estimate of drug-likeness (QED) is 0.159. The Labute approximate surface area is 329 Å². The Morgan fingerprint density at radius 3 is 1.62 bits per heavy atom. The molecular formula is C55H36S. The normalized spacial score (nSPS) is 13.3. The van der Waals surface area contributed by atoms with Gasteiger partial charge in [0.25, 0.3) is 0 Å². The maximum absolute atomic E-state index is 2.47. The molecule has 1 aliphatic carbocycles. The first kappa shape index (κ1) is 31.8. The van der Waals surface area contributed by atoms with Gasteiger partial charge in [0.1, 0.15) is 0 Å². The van der Waals surface area contributed by atoms with Gasteiger partial charge in [-0.05, 0) is 123 Å². The number of thiophene rings is 1. The molecule has 0 saturated carbocycles. The molecule has 0 radical (unpaired) electrons. The zero-order valence-electron chi connectivity index (χ0n) is 31.2. The molecule has 0 aliphatic heterocycles. The van der Waals surface area contributed by atoms with Crippen LogP contribution in [0.3, 0.4) is 0 Å². The first-order valence-electron chi connectivity index (χ1n) is 19.6. The van der Waals surface area contributed by atoms with Gasteiger partial charge >= 0.3 is 0 Å². The van der Waals surface area contributed by atoms with Crippen molar-refractivity contribution in [2.24, 2.45) is 0 Å². The lowest BCUT2D eigenvalue weighted by atomic mass is 9.81. The second-order valence-electron chi connectivity index (χ2n) is 16.0. The average molecular weight is 729 g/mol. The summed E-state index contributed by atoms with van der Waals surface area (Å²) in [6.45, 7) is 4.80. The number of fused-ring (bicyclic) bond motifs is 12. The molecule has 1 aliphatic rings. The van der Waals surface area contributed by atoms with Gasteiger partial charge in [-0.2, -0.15) is 0 Å². The van der Waals surface area contributed by atoms with Gasteiger partial charge in [-0.15, -0.1) is 11.3 Å². The Hall–Kier alpha value is -6.54. The minimum Gasteiger partial charge on any atom is -0.135 e. The Morgan fingerprint density at radius 2 is 0.911 bits per heavy atom. The molecule has 0 spiro atoms. The molecule has 0 atom stereocenters. The van der Waals surface area contributed by atoms with E-state index in [1.807, 2.05) is 11.3 Å². The summed E-state index contributed by atoms with van der Waals surface area (Å²) in [5.41, 5.74) is 13.1. The van der Waals surface area contributed by atoms with Crippen molar-refractivity contribution in [2.45, 2.75) is 19.3 Å². The van der Waals surface area contributed by atoms with E-state index < -0.39 is 0 Å². The summed E-state index contributed by atoms with van der Waals surface area (Å²) in [5.74, 6) is 0. The van der Waals surface area contributed by atoms with Crippen LogP contribution < -0.4 is 0 Å². The van der Waals surface area contributed by atoms with Gasteiger partial charge in [0.2, 0.25) is 0 Å². The lowest BCUT2D eigenvalue weighted by Gasteiger charge is -2.22. The second kappa shape index (κ2) is 11.7. The van der Waals surface area contributed by atoms with Crippen LogP contribution >= 0.6 is 11.3 Å². The van der Waals surface area contributed by atoms with E-state index in [4.69, 9.17) is 0 Å². The molecule has 10 aromatic carbocycles. The van der Waals surface area contributed by atoms with Gasteiger partial charge < -0.3 is 0 Å². The first-order chi connectivity index (χ1) is 27.5. The predicted octanol–water partition coefficient (Wildman–Crippen LogP) is 16.0. The van der Waals surface area contributed by atoms with Crippen molar-refractivity contribution in [3.05, 3.63) is 193 Å². The second-order valence-corrected chi connectivity index (χ2v) is 17.0. The standard InChI is InChI=1S/C55H36S/c1-55(2)47-28-29-49-53(46-27-24-33-12-6-7-15-40(33)54(46)56-49)52(47)45-26-25-38(32-48(45)55)36-20-21-37-31-39(23-22-35(37)30-36)51-43-18-10-8-16-41(43)50(34-13-4-3-5-14-34)42-17-9-11-19-44(42)51/h3-32H,1-2H3. The Bertz CT molecular complexity index is 3380. The minimum atomic E-state index is -0.104. The summed E-state index contributed by atoms with van der Waals surface area (Å²) < 4.78 is 2.75. The van der Waals surface area contributed by atoms with E-state index in [9.17, 15) is 0 Å². The molecule has 11 aromatic rings. The zero-order chi connectivity index (χ0) is 37.1. The predicted molar refractivity (Wildman–Crippen MR) is 243 cm³/mol. The molecule has 262 valence electrons. The fraction of sp³-hybridized carbons (Fsp3) is 0.0545. The largest absolute Gasteiger partial charge is 0.135 e. The van der Waals surface area contributed by atoms with E-state index in [1.165, 1.54) is 119 Å². The maximum Gasteiger partial charge on any atom is 0.0434 e. The van der Waals surface area contributed by atoms with Crippen molar-refractivity contribution in [3.8, 4) is 44.5 Å². The number of hydrogen-bond acceptors (Lipinski definition) is 1. The van der Waals surface area contributed by atoms with Crippen LogP contribution in [0.15, 0.2) is 182 Å². The number of rotatable bonds is 3. The van der Waals surface area contributed by atoms with Crippen molar-refractivity contribution in [1.29, 1.82) is 0 Å². The highest BCUT2D eigenvalue weighted by atomic mass is 32.1. The van der Waals surface area contributed by atoms with E-state index in [1.54, 1.807) is 0 Å². The molecular weight excluding hydrogens is 693 g/mol. The molecule has 56 heavy (non-hydrogen) atoms. The van der Waals surface area contributed by atoms with Gasteiger partial charge in [0.15, 0.2) is 0 Å². The SMILES string of the molecule is CC1(C)c2cc(-c3ccc4cc(-c5c6ccccc6c(-c6ccccc6)c6ccccc56)ccc4c3)ccc2-c2c1ccc1sc3c4ccccc4ccc3c21. The Kier molecular flexibility index (Phi) is 6.66. The van der Waals surface area contributed by atoms with Crippen LogP contribution in [0.25, 0.3) is 108 Å². The van der Waals surface area contributed by atoms with Gasteiger partial charge in [-0.25, -0.2) is 0 Å². The van der Waals surface area contributed by atoms with Gasteiger partial charge in [0.05, 0.1) is 0 Å².